The zero-order chi connectivity index (χ0) is 39.4. The summed E-state index contributed by atoms with van der Waals surface area (Å²) < 4.78 is 2.00. The first kappa shape index (κ1) is 39.1. The van der Waals surface area contributed by atoms with Crippen molar-refractivity contribution in [3.05, 3.63) is 54.4 Å². The molecule has 3 aliphatic rings. The van der Waals surface area contributed by atoms with E-state index < -0.39 is 63.4 Å². The van der Waals surface area contributed by atoms with Crippen LogP contribution in [0.25, 0.3) is 10.9 Å². The van der Waals surface area contributed by atoms with Crippen molar-refractivity contribution in [2.45, 2.75) is 63.7 Å². The Morgan fingerprint density at radius 3 is 2.48 bits per heavy atom. The Bertz CT molecular complexity index is 2230. The molecule has 6 rings (SSSR count). The first-order valence-electron chi connectivity index (χ1n) is 16.6. The molecule has 54 heavy (non-hydrogen) atoms. The van der Waals surface area contributed by atoms with E-state index in [1.54, 1.807) is 10.8 Å². The number of fused-ring (bicyclic) bond motifs is 2. The SMILES string of the molecule is CCn1cc(C[N+]2(CC3=C(C(=O)[O-])N4C(=O)[C@@H](NC(=O)/C(=N\OC(C)(C)C(=O)O)c5nc(N)sc5Cl)[C@H]4SC3)CCCC2)c(=O)c2c(Cl)c(O)c(O)cc21. The van der Waals surface area contributed by atoms with Crippen molar-refractivity contribution in [3.63, 3.8) is 0 Å². The van der Waals surface area contributed by atoms with E-state index in [0.717, 1.165) is 29.1 Å². The molecule has 2 amide bonds. The van der Waals surface area contributed by atoms with Crippen molar-refractivity contribution in [2.24, 2.45) is 5.16 Å². The summed E-state index contributed by atoms with van der Waals surface area (Å²) in [7, 11) is 0. The molecule has 5 heterocycles. The number of nitrogens with zero attached hydrogens (tertiary/aromatic N) is 5. The lowest BCUT2D eigenvalue weighted by atomic mass is 10.0. The smallest absolute Gasteiger partial charge is 0.350 e. The summed E-state index contributed by atoms with van der Waals surface area (Å²) in [6.45, 7) is 6.27. The molecule has 0 bridgehead atoms. The van der Waals surface area contributed by atoms with E-state index in [1.165, 1.54) is 31.7 Å². The molecule has 17 nitrogen and oxygen atoms in total. The molecule has 3 aromatic rings. The lowest BCUT2D eigenvalue weighted by Crippen LogP contribution is -2.72. The van der Waals surface area contributed by atoms with E-state index in [1.807, 2.05) is 6.92 Å². The molecular formula is C33H35Cl2N7O10S2. The highest BCUT2D eigenvalue weighted by Gasteiger charge is 2.54. The molecule has 3 aliphatic heterocycles. The van der Waals surface area contributed by atoms with Crippen molar-refractivity contribution in [1.82, 2.24) is 19.8 Å². The number of rotatable bonds is 12. The van der Waals surface area contributed by atoms with Crippen LogP contribution in [0.2, 0.25) is 9.36 Å². The number of aromatic hydroxyl groups is 2. The number of anilines is 1. The van der Waals surface area contributed by atoms with Crippen molar-refractivity contribution in [2.75, 3.05) is 31.1 Å². The summed E-state index contributed by atoms with van der Waals surface area (Å²) in [5.74, 6) is -5.60. The number of thioether (sulfide) groups is 1. The van der Waals surface area contributed by atoms with Gasteiger partial charge in [0.2, 0.25) is 5.60 Å². The Kier molecular flexibility index (Phi) is 10.6. The summed E-state index contributed by atoms with van der Waals surface area (Å²) in [5.41, 5.74) is 3.55. The molecule has 2 saturated heterocycles. The van der Waals surface area contributed by atoms with Crippen molar-refractivity contribution in [3.8, 4) is 11.5 Å². The van der Waals surface area contributed by atoms with Gasteiger partial charge < -0.3 is 50.2 Å². The van der Waals surface area contributed by atoms with Gasteiger partial charge in [0, 0.05) is 43.0 Å². The summed E-state index contributed by atoms with van der Waals surface area (Å²) >= 11 is 14.7. The van der Waals surface area contributed by atoms with Crippen LogP contribution in [-0.4, -0.2) is 106 Å². The quantitative estimate of drug-likeness (QED) is 0.0573. The van der Waals surface area contributed by atoms with Crippen LogP contribution < -0.4 is 21.6 Å². The Labute approximate surface area is 325 Å². The summed E-state index contributed by atoms with van der Waals surface area (Å²) in [5, 5.41) is 47.8. The number of nitrogens with two attached hydrogens (primary N) is 1. The van der Waals surface area contributed by atoms with Gasteiger partial charge in [-0.15, -0.1) is 11.8 Å². The average Bonchev–Trinajstić information content (AvgIpc) is 3.71. The number of nitrogens with one attached hydrogen (secondary N) is 1. The number of nitrogen functional groups attached to an aromatic ring is 1. The maximum absolute atomic E-state index is 13.9. The maximum Gasteiger partial charge on any atom is 0.350 e. The zero-order valence-electron chi connectivity index (χ0n) is 29.1. The lowest BCUT2D eigenvalue weighted by molar-refractivity contribution is -0.925. The van der Waals surface area contributed by atoms with Crippen LogP contribution in [0.4, 0.5) is 5.13 Å². The van der Waals surface area contributed by atoms with E-state index in [-0.39, 0.29) is 50.1 Å². The fourth-order valence-corrected chi connectivity index (χ4v) is 9.45. The number of β-lactam (4-membered cyclic amide) rings is 1. The first-order valence-corrected chi connectivity index (χ1v) is 19.2. The highest BCUT2D eigenvalue weighted by Crippen LogP contribution is 2.42. The standard InChI is InChI=1S/C33H35Cl2N7O10S2/c1-4-40-10-14(24(44)18-16(40)9-17(43)25(45)19(18)34)11-42(7-5-6-8-42)12-15-13-53-29-22(28(47)41(29)23(15)30(48)49)37-27(46)21(20-26(35)54-32(36)38-20)39-52-33(2,3)31(50)51/h9-10,22,29H,4-8,11-13H2,1-3H3,(H6-,36,37,38,39,43,44,45,46,48,49,50,51)/t22-,29-/m1/s1. The Morgan fingerprint density at radius 1 is 1.20 bits per heavy atom. The molecule has 21 heteroatoms. The average molecular weight is 825 g/mol. The molecule has 0 unspecified atom stereocenters. The molecule has 2 atom stereocenters. The molecule has 0 radical (unpaired) electrons. The van der Waals surface area contributed by atoms with Crippen molar-refractivity contribution in [1.29, 1.82) is 0 Å². The number of carbonyl (C=O) groups is 4. The van der Waals surface area contributed by atoms with Crippen LogP contribution in [0, 0.1) is 0 Å². The third-order valence-electron chi connectivity index (χ3n) is 9.68. The minimum absolute atomic E-state index is 0.0172. The summed E-state index contributed by atoms with van der Waals surface area (Å²) in [6, 6.07) is 0.0649. The minimum atomic E-state index is -1.86. The molecule has 2 aromatic heterocycles. The number of benzene rings is 1. The topological polar surface area (TPSA) is 250 Å². The number of hydrogen-bond donors (Lipinski definition) is 5. The van der Waals surface area contributed by atoms with Gasteiger partial charge in [0.15, 0.2) is 27.8 Å². The molecule has 288 valence electrons. The second kappa shape index (κ2) is 14.6. The van der Waals surface area contributed by atoms with Gasteiger partial charge >= 0.3 is 5.97 Å². The number of halogens is 2. The largest absolute Gasteiger partial charge is 0.543 e. The van der Waals surface area contributed by atoms with Crippen LogP contribution in [0.1, 0.15) is 44.9 Å². The first-order chi connectivity index (χ1) is 25.4. The highest BCUT2D eigenvalue weighted by atomic mass is 35.5. The Hall–Kier alpha value is -4.56. The van der Waals surface area contributed by atoms with E-state index in [4.69, 9.17) is 33.8 Å². The van der Waals surface area contributed by atoms with E-state index >= 15 is 0 Å². The van der Waals surface area contributed by atoms with Gasteiger partial charge in [0.05, 0.1) is 46.2 Å². The fraction of sp³-hybridized carbons (Fsp3) is 0.424. The summed E-state index contributed by atoms with van der Waals surface area (Å²) in [6.07, 6.45) is 3.29. The number of aryl methyl sites for hydroxylation is 1. The van der Waals surface area contributed by atoms with Crippen LogP contribution in [0.3, 0.4) is 0 Å². The van der Waals surface area contributed by atoms with E-state index in [9.17, 15) is 44.4 Å². The maximum atomic E-state index is 13.9. The molecule has 1 aromatic carbocycles. The lowest BCUT2D eigenvalue weighted by Gasteiger charge is -2.51. The third-order valence-corrected chi connectivity index (χ3v) is 12.5. The normalized spacial score (nSPS) is 19.8. The van der Waals surface area contributed by atoms with Crippen LogP contribution >= 0.6 is 46.3 Å². The molecule has 0 spiro atoms. The summed E-state index contributed by atoms with van der Waals surface area (Å²) in [4.78, 5) is 75.6. The Balaban J connectivity index is 1.28. The predicted octanol–water partition coefficient (Wildman–Crippen LogP) is 1.58. The highest BCUT2D eigenvalue weighted by molar-refractivity contribution is 8.00. The van der Waals surface area contributed by atoms with Crippen LogP contribution in [0.15, 0.2) is 33.5 Å². The number of thiazole rings is 1. The molecular weight excluding hydrogens is 789 g/mol. The number of carboxylic acids is 2. The fourth-order valence-electron chi connectivity index (χ4n) is 6.91. The second-order valence-electron chi connectivity index (χ2n) is 13.7. The molecule has 0 aliphatic carbocycles. The molecule has 2 fully saturated rings. The number of amides is 2. The number of carboxylic acid groups (broad SMARTS) is 2. The zero-order valence-corrected chi connectivity index (χ0v) is 32.2. The number of aromatic nitrogens is 2. The van der Waals surface area contributed by atoms with E-state index in [2.05, 4.69) is 15.5 Å². The number of pyridine rings is 1. The number of quaternary nitrogens is 1. The van der Waals surface area contributed by atoms with Gasteiger partial charge in [0.25, 0.3) is 11.8 Å². The minimum Gasteiger partial charge on any atom is -0.543 e. The number of oxime groups is 1. The number of likely N-dealkylation sites (tertiary alicyclic amines) is 1. The van der Waals surface area contributed by atoms with E-state index in [0.29, 0.717) is 40.8 Å². The number of phenols is 2. The number of phenolic OH excluding ortho intramolecular Hbond substituents is 2. The van der Waals surface area contributed by atoms with Crippen LogP contribution in [0.5, 0.6) is 11.5 Å². The number of aliphatic carboxylic acids is 2. The van der Waals surface area contributed by atoms with Gasteiger partial charge in [-0.2, -0.15) is 0 Å². The van der Waals surface area contributed by atoms with Crippen molar-refractivity contribution >= 4 is 91.8 Å². The molecule has 6 N–H and O–H groups in total. The van der Waals surface area contributed by atoms with Crippen molar-refractivity contribution < 1.29 is 48.9 Å². The number of carbonyl (C=O) groups excluding carboxylic acids is 3. The van der Waals surface area contributed by atoms with Gasteiger partial charge in [-0.3, -0.25) is 19.3 Å². The van der Waals surface area contributed by atoms with Gasteiger partial charge in [0.1, 0.15) is 34.5 Å². The molecule has 0 saturated carbocycles. The number of hydrogen-bond acceptors (Lipinski definition) is 14. The predicted molar refractivity (Wildman–Crippen MR) is 198 cm³/mol. The Morgan fingerprint density at radius 2 is 1.89 bits per heavy atom. The second-order valence-corrected chi connectivity index (χ2v) is 16.8. The third kappa shape index (κ3) is 6.94. The van der Waals surface area contributed by atoms with Gasteiger partial charge in [-0.05, 0) is 20.8 Å². The van der Waals surface area contributed by atoms with Crippen LogP contribution in [-0.2, 0) is 37.1 Å². The van der Waals surface area contributed by atoms with Gasteiger partial charge in [-0.25, -0.2) is 9.78 Å². The van der Waals surface area contributed by atoms with Gasteiger partial charge in [-0.1, -0.05) is 39.7 Å². The monoisotopic (exact) mass is 823 g/mol.